The topological polar surface area (TPSA) is 74.0 Å². The Morgan fingerprint density at radius 1 is 1.47 bits per heavy atom. The largest absolute Gasteiger partial charge is 0.351 e. The minimum Gasteiger partial charge on any atom is -0.351 e. The number of likely N-dealkylation sites (N-methyl/N-ethyl adjacent to an activating group) is 1. The molecule has 3 N–H and O–H groups in total. The van der Waals surface area contributed by atoms with Gasteiger partial charge in [0.15, 0.2) is 0 Å². The second kappa shape index (κ2) is 5.98. The lowest BCUT2D eigenvalue weighted by atomic mass is 10.2. The van der Waals surface area contributed by atoms with Gasteiger partial charge in [0.05, 0.1) is 0 Å². The van der Waals surface area contributed by atoms with Gasteiger partial charge >= 0.3 is 0 Å². The second-order valence-electron chi connectivity index (χ2n) is 3.02. The summed E-state index contributed by atoms with van der Waals surface area (Å²) in [6.45, 7) is 4.07. The molecule has 1 rings (SSSR count). The van der Waals surface area contributed by atoms with Crippen LogP contribution >= 0.6 is 0 Å². The van der Waals surface area contributed by atoms with Crippen LogP contribution in [-0.2, 0) is 0 Å². The molecule has 0 saturated carbocycles. The molecule has 5 heteroatoms. The van der Waals surface area contributed by atoms with Crippen LogP contribution in [0, 0.1) is 0 Å². The first kappa shape index (κ1) is 11.5. The molecule has 0 aromatic carbocycles. The summed E-state index contributed by atoms with van der Waals surface area (Å²) in [4.78, 5) is 25.1. The van der Waals surface area contributed by atoms with E-state index in [-0.39, 0.29) is 17.0 Å². The molecule has 1 aromatic heterocycles. The Bertz CT molecular complexity index is 373. The number of carbonyl (C=O) groups excluding carboxylic acids is 1. The van der Waals surface area contributed by atoms with Gasteiger partial charge in [0, 0.05) is 19.3 Å². The number of amides is 1. The van der Waals surface area contributed by atoms with Crippen LogP contribution in [0.4, 0.5) is 0 Å². The number of aromatic amines is 1. The van der Waals surface area contributed by atoms with Crippen LogP contribution in [-0.4, -0.2) is 30.5 Å². The van der Waals surface area contributed by atoms with E-state index in [1.54, 1.807) is 6.07 Å². The molecule has 5 nitrogen and oxygen atoms in total. The summed E-state index contributed by atoms with van der Waals surface area (Å²) in [5, 5.41) is 5.72. The van der Waals surface area contributed by atoms with Crippen LogP contribution in [0.1, 0.15) is 17.3 Å². The van der Waals surface area contributed by atoms with Crippen molar-refractivity contribution in [3.63, 3.8) is 0 Å². The molecule has 0 aliphatic carbocycles. The Kier molecular flexibility index (Phi) is 4.56. The van der Waals surface area contributed by atoms with Gasteiger partial charge in [-0.3, -0.25) is 9.59 Å². The van der Waals surface area contributed by atoms with Crippen LogP contribution in [0.2, 0.25) is 0 Å². The van der Waals surface area contributed by atoms with Crippen LogP contribution in [0.25, 0.3) is 0 Å². The number of aromatic nitrogens is 1. The molecule has 0 spiro atoms. The minimum atomic E-state index is -0.363. The highest BCUT2D eigenvalue weighted by Gasteiger charge is 2.07. The Hall–Kier alpha value is -1.62. The van der Waals surface area contributed by atoms with Crippen LogP contribution in [0.5, 0.6) is 0 Å². The molecule has 0 aliphatic heterocycles. The number of hydrogen-bond acceptors (Lipinski definition) is 3. The number of carbonyl (C=O) groups is 1. The first-order valence-electron chi connectivity index (χ1n) is 4.92. The molecule has 1 aromatic rings. The molecule has 0 fully saturated rings. The quantitative estimate of drug-likeness (QED) is 0.584. The van der Waals surface area contributed by atoms with Crippen molar-refractivity contribution in [1.82, 2.24) is 15.6 Å². The van der Waals surface area contributed by atoms with E-state index in [4.69, 9.17) is 0 Å². The summed E-state index contributed by atoms with van der Waals surface area (Å²) in [6, 6.07) is 3.13. The van der Waals surface area contributed by atoms with E-state index in [9.17, 15) is 9.59 Å². The van der Waals surface area contributed by atoms with Crippen molar-refractivity contribution in [3.05, 3.63) is 34.2 Å². The van der Waals surface area contributed by atoms with Crippen molar-refractivity contribution in [2.75, 3.05) is 19.6 Å². The molecule has 0 aliphatic rings. The van der Waals surface area contributed by atoms with Crippen molar-refractivity contribution in [2.24, 2.45) is 0 Å². The lowest BCUT2D eigenvalue weighted by molar-refractivity contribution is 0.0952. The summed E-state index contributed by atoms with van der Waals surface area (Å²) >= 11 is 0. The first-order chi connectivity index (χ1) is 7.25. The lowest BCUT2D eigenvalue weighted by Crippen LogP contribution is -2.34. The Labute approximate surface area is 87.9 Å². The molecule has 15 heavy (non-hydrogen) atoms. The maximum Gasteiger partial charge on any atom is 0.260 e. The molecular weight excluding hydrogens is 194 g/mol. The van der Waals surface area contributed by atoms with Gasteiger partial charge in [-0.05, 0) is 18.7 Å². The van der Waals surface area contributed by atoms with E-state index < -0.39 is 0 Å². The summed E-state index contributed by atoms with van der Waals surface area (Å²) in [5.74, 6) is -0.338. The Morgan fingerprint density at radius 3 is 2.93 bits per heavy atom. The van der Waals surface area contributed by atoms with Gasteiger partial charge in [0.2, 0.25) is 0 Å². The maximum absolute atomic E-state index is 11.5. The van der Waals surface area contributed by atoms with E-state index in [0.717, 1.165) is 6.54 Å². The molecule has 0 bridgehead atoms. The highest BCUT2D eigenvalue weighted by atomic mass is 16.2. The third-order valence-electron chi connectivity index (χ3n) is 1.90. The molecular formula is C10H15N3O2. The van der Waals surface area contributed by atoms with E-state index in [0.29, 0.717) is 13.1 Å². The van der Waals surface area contributed by atoms with Crippen LogP contribution in [0.15, 0.2) is 23.1 Å². The summed E-state index contributed by atoms with van der Waals surface area (Å²) < 4.78 is 0. The summed E-state index contributed by atoms with van der Waals surface area (Å²) in [5.41, 5.74) is -0.215. The maximum atomic E-state index is 11.5. The molecule has 1 heterocycles. The van der Waals surface area contributed by atoms with Gasteiger partial charge in [-0.25, -0.2) is 0 Å². The molecule has 0 atom stereocenters. The first-order valence-corrected chi connectivity index (χ1v) is 4.92. The zero-order valence-corrected chi connectivity index (χ0v) is 8.67. The van der Waals surface area contributed by atoms with Crippen molar-refractivity contribution < 1.29 is 4.79 Å². The second-order valence-corrected chi connectivity index (χ2v) is 3.02. The van der Waals surface area contributed by atoms with Crippen molar-refractivity contribution in [1.29, 1.82) is 0 Å². The van der Waals surface area contributed by atoms with E-state index in [2.05, 4.69) is 15.6 Å². The van der Waals surface area contributed by atoms with Gasteiger partial charge in [-0.1, -0.05) is 6.92 Å². The van der Waals surface area contributed by atoms with Crippen LogP contribution in [0.3, 0.4) is 0 Å². The highest BCUT2D eigenvalue weighted by Crippen LogP contribution is 1.87. The molecule has 1 amide bonds. The smallest absolute Gasteiger partial charge is 0.260 e. The number of rotatable bonds is 5. The van der Waals surface area contributed by atoms with E-state index in [1.165, 1.54) is 12.3 Å². The fraction of sp³-hybridized carbons (Fsp3) is 0.400. The zero-order chi connectivity index (χ0) is 11.1. The molecule has 0 radical (unpaired) electrons. The normalized spacial score (nSPS) is 9.93. The fourth-order valence-electron chi connectivity index (χ4n) is 1.14. The molecule has 82 valence electrons. The predicted molar refractivity (Wildman–Crippen MR) is 57.9 cm³/mol. The van der Waals surface area contributed by atoms with Crippen molar-refractivity contribution in [3.8, 4) is 0 Å². The Balaban J connectivity index is 2.48. The molecule has 0 unspecified atom stereocenters. The fourth-order valence-corrected chi connectivity index (χ4v) is 1.14. The van der Waals surface area contributed by atoms with E-state index in [1.807, 2.05) is 6.92 Å². The predicted octanol–water partition coefficient (Wildman–Crippen LogP) is -0.286. The number of nitrogens with one attached hydrogen (secondary N) is 3. The standard InChI is InChI=1S/C10H15N3O2/c1-2-11-6-7-13-10(15)8-4-3-5-12-9(8)14/h3-5,11H,2,6-7H2,1H3,(H,12,14)(H,13,15). The van der Waals surface area contributed by atoms with Crippen molar-refractivity contribution in [2.45, 2.75) is 6.92 Å². The number of pyridine rings is 1. The van der Waals surface area contributed by atoms with Gasteiger partial charge in [0.25, 0.3) is 11.5 Å². The number of hydrogen-bond donors (Lipinski definition) is 3. The summed E-state index contributed by atoms with van der Waals surface area (Å²) in [7, 11) is 0. The average Bonchev–Trinajstić information content (AvgIpc) is 2.25. The zero-order valence-electron chi connectivity index (χ0n) is 8.67. The Morgan fingerprint density at radius 2 is 2.27 bits per heavy atom. The highest BCUT2D eigenvalue weighted by molar-refractivity contribution is 5.93. The van der Waals surface area contributed by atoms with E-state index >= 15 is 0 Å². The van der Waals surface area contributed by atoms with Gasteiger partial charge in [-0.2, -0.15) is 0 Å². The number of H-pyrrole nitrogens is 1. The van der Waals surface area contributed by atoms with Crippen molar-refractivity contribution >= 4 is 5.91 Å². The average molecular weight is 209 g/mol. The van der Waals surface area contributed by atoms with Gasteiger partial charge in [0.1, 0.15) is 5.56 Å². The third kappa shape index (κ3) is 3.55. The van der Waals surface area contributed by atoms with Gasteiger partial charge in [-0.15, -0.1) is 0 Å². The van der Waals surface area contributed by atoms with Gasteiger partial charge < -0.3 is 15.6 Å². The summed E-state index contributed by atoms with van der Waals surface area (Å²) in [6.07, 6.45) is 1.50. The monoisotopic (exact) mass is 209 g/mol. The minimum absolute atomic E-state index is 0.147. The SMILES string of the molecule is CCNCCNC(=O)c1ccc[nH]c1=O. The lowest BCUT2D eigenvalue weighted by Gasteiger charge is -2.04. The third-order valence-corrected chi connectivity index (χ3v) is 1.90. The van der Waals surface area contributed by atoms with Crippen LogP contribution < -0.4 is 16.2 Å². The molecule has 0 saturated heterocycles.